The first-order chi connectivity index (χ1) is 12.0. The number of nitrogens with one attached hydrogen (secondary N) is 2. The van der Waals surface area contributed by atoms with Crippen LogP contribution < -0.4 is 20.1 Å². The molecule has 1 fully saturated rings. The smallest absolute Gasteiger partial charge is 0.190 e. The fourth-order valence-corrected chi connectivity index (χ4v) is 4.72. The molecule has 1 heterocycles. The summed E-state index contributed by atoms with van der Waals surface area (Å²) in [5.74, 6) is 2.83. The van der Waals surface area contributed by atoms with E-state index >= 15 is 0 Å². The number of aliphatic imine (C=N–C) groups is 1. The van der Waals surface area contributed by atoms with E-state index in [0.29, 0.717) is 36.3 Å². The van der Waals surface area contributed by atoms with E-state index in [0.717, 1.165) is 18.4 Å². The van der Waals surface area contributed by atoms with Gasteiger partial charge in [-0.1, -0.05) is 6.07 Å². The van der Waals surface area contributed by atoms with E-state index in [1.165, 1.54) is 0 Å². The van der Waals surface area contributed by atoms with Crippen molar-refractivity contribution in [2.75, 3.05) is 45.9 Å². The van der Waals surface area contributed by atoms with Gasteiger partial charge in [-0.3, -0.25) is 4.99 Å². The van der Waals surface area contributed by atoms with Crippen LogP contribution in [0.5, 0.6) is 11.5 Å². The highest BCUT2D eigenvalue weighted by atomic mass is 127. The second-order valence-corrected chi connectivity index (χ2v) is 8.32. The van der Waals surface area contributed by atoms with E-state index < -0.39 is 9.84 Å². The number of methoxy groups -OCH3 is 2. The van der Waals surface area contributed by atoms with Gasteiger partial charge in [0.1, 0.15) is 0 Å². The number of benzene rings is 1. The molecule has 1 unspecified atom stereocenters. The van der Waals surface area contributed by atoms with Crippen molar-refractivity contribution in [3.8, 4) is 11.5 Å². The number of hydrogen-bond donors (Lipinski definition) is 2. The van der Waals surface area contributed by atoms with Gasteiger partial charge in [0.2, 0.25) is 0 Å². The molecule has 1 aromatic carbocycles. The summed E-state index contributed by atoms with van der Waals surface area (Å²) in [5.41, 5.74) is 1.13. The molecule has 26 heavy (non-hydrogen) atoms. The maximum atomic E-state index is 11.5. The Morgan fingerprint density at radius 1 is 1.23 bits per heavy atom. The lowest BCUT2D eigenvalue weighted by atomic mass is 10.1. The van der Waals surface area contributed by atoms with Crippen molar-refractivity contribution >= 4 is 39.8 Å². The summed E-state index contributed by atoms with van der Waals surface area (Å²) >= 11 is 0. The van der Waals surface area contributed by atoms with Crippen molar-refractivity contribution in [1.29, 1.82) is 0 Å². The second-order valence-electron chi connectivity index (χ2n) is 6.09. The molecule has 2 rings (SSSR count). The van der Waals surface area contributed by atoms with Crippen LogP contribution in [0.25, 0.3) is 0 Å². The molecule has 0 saturated carbocycles. The van der Waals surface area contributed by atoms with E-state index in [4.69, 9.17) is 9.47 Å². The molecule has 1 aliphatic heterocycles. The maximum Gasteiger partial charge on any atom is 0.190 e. The first kappa shape index (κ1) is 22.8. The van der Waals surface area contributed by atoms with Gasteiger partial charge in [0.25, 0.3) is 0 Å². The number of nitrogens with zero attached hydrogens (tertiary/aromatic N) is 1. The highest BCUT2D eigenvalue weighted by Crippen LogP contribution is 2.27. The van der Waals surface area contributed by atoms with Crippen molar-refractivity contribution in [1.82, 2.24) is 10.6 Å². The zero-order chi connectivity index (χ0) is 18.3. The third-order valence-corrected chi connectivity index (χ3v) is 6.10. The Morgan fingerprint density at radius 3 is 2.54 bits per heavy atom. The van der Waals surface area contributed by atoms with Crippen LogP contribution in [-0.2, 0) is 16.3 Å². The van der Waals surface area contributed by atoms with E-state index in [1.54, 1.807) is 21.3 Å². The molecule has 0 aliphatic carbocycles. The van der Waals surface area contributed by atoms with E-state index in [2.05, 4.69) is 15.6 Å². The summed E-state index contributed by atoms with van der Waals surface area (Å²) in [5, 5.41) is 6.45. The quantitative estimate of drug-likeness (QED) is 0.337. The van der Waals surface area contributed by atoms with Gasteiger partial charge in [-0.05, 0) is 36.5 Å². The lowest BCUT2D eigenvalue weighted by Crippen LogP contribution is -2.40. The van der Waals surface area contributed by atoms with Gasteiger partial charge in [0.05, 0.1) is 25.7 Å². The molecule has 148 valence electrons. The minimum absolute atomic E-state index is 0. The number of hydrogen-bond acceptors (Lipinski definition) is 5. The molecule has 0 bridgehead atoms. The predicted octanol–water partition coefficient (Wildman–Crippen LogP) is 1.46. The highest BCUT2D eigenvalue weighted by molar-refractivity contribution is 14.0. The van der Waals surface area contributed by atoms with Gasteiger partial charge in [-0.2, -0.15) is 0 Å². The van der Waals surface area contributed by atoms with Crippen molar-refractivity contribution in [2.24, 2.45) is 10.9 Å². The third kappa shape index (κ3) is 6.82. The molecule has 7 nitrogen and oxygen atoms in total. The van der Waals surface area contributed by atoms with Crippen LogP contribution >= 0.6 is 24.0 Å². The molecule has 0 radical (unpaired) electrons. The van der Waals surface area contributed by atoms with E-state index in [-0.39, 0.29) is 35.6 Å². The Kier molecular flexibility index (Phi) is 9.48. The largest absolute Gasteiger partial charge is 0.493 e. The average molecular weight is 497 g/mol. The number of ether oxygens (including phenoxy) is 2. The fourth-order valence-electron chi connectivity index (χ4n) is 2.86. The van der Waals surface area contributed by atoms with Crippen molar-refractivity contribution < 1.29 is 17.9 Å². The summed E-state index contributed by atoms with van der Waals surface area (Å²) in [6.07, 6.45) is 1.52. The Balaban J connectivity index is 0.00000338. The molecule has 1 atom stereocenters. The Hall–Kier alpha value is -1.23. The van der Waals surface area contributed by atoms with Gasteiger partial charge in [-0.25, -0.2) is 8.42 Å². The minimum Gasteiger partial charge on any atom is -0.493 e. The Labute approximate surface area is 172 Å². The lowest BCUT2D eigenvalue weighted by molar-refractivity contribution is 0.354. The van der Waals surface area contributed by atoms with Gasteiger partial charge >= 0.3 is 0 Å². The molecule has 0 aromatic heterocycles. The van der Waals surface area contributed by atoms with Crippen molar-refractivity contribution in [3.63, 3.8) is 0 Å². The van der Waals surface area contributed by atoms with Crippen LogP contribution in [0.1, 0.15) is 12.0 Å². The molecule has 1 saturated heterocycles. The highest BCUT2D eigenvalue weighted by Gasteiger charge is 2.27. The molecular weight excluding hydrogens is 469 g/mol. The monoisotopic (exact) mass is 497 g/mol. The van der Waals surface area contributed by atoms with Gasteiger partial charge < -0.3 is 20.1 Å². The van der Waals surface area contributed by atoms with Crippen LogP contribution in [0.4, 0.5) is 0 Å². The SMILES string of the molecule is CN=C(NCCc1ccc(OC)c(OC)c1)NCC1CCS(=O)(=O)C1.I. The molecule has 2 N–H and O–H groups in total. The van der Waals surface area contributed by atoms with Crippen molar-refractivity contribution in [2.45, 2.75) is 12.8 Å². The molecular formula is C17H28IN3O4S. The summed E-state index contributed by atoms with van der Waals surface area (Å²) in [6.45, 7) is 1.33. The van der Waals surface area contributed by atoms with Gasteiger partial charge in [0.15, 0.2) is 27.3 Å². The normalized spacial score (nSPS) is 18.7. The first-order valence-electron chi connectivity index (χ1n) is 8.33. The zero-order valence-corrected chi connectivity index (χ0v) is 18.6. The lowest BCUT2D eigenvalue weighted by Gasteiger charge is -2.15. The topological polar surface area (TPSA) is 89.0 Å². The molecule has 0 amide bonds. The van der Waals surface area contributed by atoms with Crippen LogP contribution in [0, 0.1) is 5.92 Å². The third-order valence-electron chi connectivity index (χ3n) is 4.26. The molecule has 0 spiro atoms. The fraction of sp³-hybridized carbons (Fsp3) is 0.588. The number of halogens is 1. The standard InChI is InChI=1S/C17H27N3O4S.HI/c1-18-17(20-11-14-7-9-25(21,22)12-14)19-8-6-13-4-5-15(23-2)16(10-13)24-3;/h4-5,10,14H,6-9,11-12H2,1-3H3,(H2,18,19,20);1H. The Bertz CT molecular complexity index is 710. The van der Waals surface area contributed by atoms with Gasteiger partial charge in [0, 0.05) is 20.1 Å². The summed E-state index contributed by atoms with van der Waals surface area (Å²) < 4.78 is 33.5. The average Bonchev–Trinajstić information content (AvgIpc) is 2.96. The molecule has 1 aliphatic rings. The van der Waals surface area contributed by atoms with E-state index in [1.807, 2.05) is 18.2 Å². The van der Waals surface area contributed by atoms with Crippen LogP contribution in [0.2, 0.25) is 0 Å². The second kappa shape index (κ2) is 10.8. The molecule has 1 aromatic rings. The summed E-state index contributed by atoms with van der Waals surface area (Å²) in [7, 11) is 2.10. The maximum absolute atomic E-state index is 11.5. The number of sulfone groups is 1. The van der Waals surface area contributed by atoms with Crippen LogP contribution in [0.15, 0.2) is 23.2 Å². The van der Waals surface area contributed by atoms with Crippen LogP contribution in [-0.4, -0.2) is 60.2 Å². The summed E-state index contributed by atoms with van der Waals surface area (Å²) in [6, 6.07) is 5.85. The summed E-state index contributed by atoms with van der Waals surface area (Å²) in [4.78, 5) is 4.18. The number of rotatable bonds is 7. The van der Waals surface area contributed by atoms with Crippen LogP contribution in [0.3, 0.4) is 0 Å². The zero-order valence-electron chi connectivity index (χ0n) is 15.4. The molecule has 9 heteroatoms. The van der Waals surface area contributed by atoms with Gasteiger partial charge in [-0.15, -0.1) is 24.0 Å². The predicted molar refractivity (Wildman–Crippen MR) is 115 cm³/mol. The first-order valence-corrected chi connectivity index (χ1v) is 10.2. The van der Waals surface area contributed by atoms with Crippen molar-refractivity contribution in [3.05, 3.63) is 23.8 Å². The number of guanidine groups is 1. The van der Waals surface area contributed by atoms with E-state index in [9.17, 15) is 8.42 Å². The Morgan fingerprint density at radius 2 is 1.96 bits per heavy atom. The minimum atomic E-state index is -2.84.